The molecule has 0 unspecified atom stereocenters. The van der Waals surface area contributed by atoms with Crippen LogP contribution in [0.15, 0.2) is 23.7 Å². The number of nitrogens with zero attached hydrogens (tertiary/aromatic N) is 2. The maximum atomic E-state index is 12.9. The monoisotopic (exact) mass is 240 g/mol. The van der Waals surface area contributed by atoms with Crippen LogP contribution >= 0.6 is 11.3 Å². The van der Waals surface area contributed by atoms with Gasteiger partial charge in [0.15, 0.2) is 0 Å². The molecule has 0 bridgehead atoms. The molecule has 0 aliphatic heterocycles. The number of ether oxygens (including phenoxy) is 1. The van der Waals surface area contributed by atoms with Gasteiger partial charge in [-0.15, -0.1) is 5.10 Å². The second-order valence-electron chi connectivity index (χ2n) is 2.75. The molecule has 1 heterocycles. The molecule has 0 radical (unpaired) electrons. The lowest BCUT2D eigenvalue weighted by atomic mass is 10.2. The zero-order valence-corrected chi connectivity index (χ0v) is 8.57. The van der Waals surface area contributed by atoms with Crippen molar-refractivity contribution in [3.8, 4) is 10.9 Å². The fourth-order valence-corrected chi connectivity index (χ4v) is 1.48. The summed E-state index contributed by atoms with van der Waals surface area (Å²) < 4.78 is 18.0. The van der Waals surface area contributed by atoms with Crippen LogP contribution in [0.3, 0.4) is 0 Å². The molecule has 2 aromatic rings. The molecular formula is C9H5FN2O3S. The van der Waals surface area contributed by atoms with E-state index in [1.54, 1.807) is 0 Å². The van der Waals surface area contributed by atoms with Crippen molar-refractivity contribution in [2.45, 2.75) is 0 Å². The molecule has 0 amide bonds. The minimum absolute atomic E-state index is 0.0933. The molecule has 1 aromatic heterocycles. The maximum absolute atomic E-state index is 12.9. The first-order valence-electron chi connectivity index (χ1n) is 4.13. The van der Waals surface area contributed by atoms with E-state index in [9.17, 15) is 9.18 Å². The first-order valence-corrected chi connectivity index (χ1v) is 5.01. The molecule has 1 aromatic carbocycles. The number of rotatable bonds is 3. The molecule has 0 aliphatic rings. The Kier molecular flexibility index (Phi) is 2.78. The number of carbonyl (C=O) groups is 1. The Morgan fingerprint density at radius 1 is 1.50 bits per heavy atom. The number of hydrogen-bond acceptors (Lipinski definition) is 5. The van der Waals surface area contributed by atoms with E-state index in [1.165, 1.54) is 5.51 Å². The smallest absolute Gasteiger partial charge is 0.339 e. The van der Waals surface area contributed by atoms with E-state index < -0.39 is 11.8 Å². The van der Waals surface area contributed by atoms with Crippen molar-refractivity contribution < 1.29 is 19.0 Å². The van der Waals surface area contributed by atoms with Crippen LogP contribution in [0, 0.1) is 5.82 Å². The normalized spacial score (nSPS) is 10.1. The number of aromatic nitrogens is 2. The van der Waals surface area contributed by atoms with Gasteiger partial charge in [-0.25, -0.2) is 9.18 Å². The van der Waals surface area contributed by atoms with Crippen molar-refractivity contribution in [1.29, 1.82) is 0 Å². The van der Waals surface area contributed by atoms with Gasteiger partial charge in [-0.1, -0.05) is 16.4 Å². The van der Waals surface area contributed by atoms with Gasteiger partial charge in [0.25, 0.3) is 5.19 Å². The van der Waals surface area contributed by atoms with Gasteiger partial charge in [-0.2, -0.15) is 0 Å². The summed E-state index contributed by atoms with van der Waals surface area (Å²) in [6.07, 6.45) is 0. The van der Waals surface area contributed by atoms with Crippen LogP contribution in [0.5, 0.6) is 10.9 Å². The molecule has 2 rings (SSSR count). The molecule has 0 aliphatic carbocycles. The Morgan fingerprint density at radius 3 is 2.94 bits per heavy atom. The largest absolute Gasteiger partial charge is 0.478 e. The Balaban J connectivity index is 2.38. The summed E-state index contributed by atoms with van der Waals surface area (Å²) in [4.78, 5) is 10.8. The minimum atomic E-state index is -1.19. The predicted molar refractivity (Wildman–Crippen MR) is 53.3 cm³/mol. The van der Waals surface area contributed by atoms with E-state index in [4.69, 9.17) is 9.84 Å². The summed E-state index contributed by atoms with van der Waals surface area (Å²) in [5, 5.41) is 16.1. The Labute approximate surface area is 93.1 Å². The van der Waals surface area contributed by atoms with Gasteiger partial charge < -0.3 is 9.84 Å². The van der Waals surface area contributed by atoms with Crippen LogP contribution in [0.2, 0.25) is 0 Å². The highest BCUT2D eigenvalue weighted by Crippen LogP contribution is 2.26. The molecule has 0 atom stereocenters. The second-order valence-corrected chi connectivity index (χ2v) is 3.55. The third-order valence-corrected chi connectivity index (χ3v) is 2.28. The van der Waals surface area contributed by atoms with Crippen molar-refractivity contribution in [2.75, 3.05) is 0 Å². The molecule has 0 saturated heterocycles. The summed E-state index contributed by atoms with van der Waals surface area (Å²) in [5.41, 5.74) is 1.30. The summed E-state index contributed by atoms with van der Waals surface area (Å²) in [5.74, 6) is -1.87. The molecule has 7 heteroatoms. The molecule has 0 fully saturated rings. The van der Waals surface area contributed by atoms with Gasteiger partial charge in [0.2, 0.25) is 0 Å². The summed E-state index contributed by atoms with van der Waals surface area (Å²) in [7, 11) is 0. The zero-order valence-electron chi connectivity index (χ0n) is 7.75. The van der Waals surface area contributed by atoms with Crippen LogP contribution < -0.4 is 4.74 Å². The molecule has 82 valence electrons. The molecule has 1 N–H and O–H groups in total. The fourth-order valence-electron chi connectivity index (χ4n) is 1.06. The molecule has 0 saturated carbocycles. The minimum Gasteiger partial charge on any atom is -0.478 e. The number of aromatic carboxylic acids is 1. The SMILES string of the molecule is O=C(O)c1ccc(F)cc1Oc1nncs1. The standard InChI is InChI=1S/C9H5FN2O3S/c10-5-1-2-6(8(13)14)7(3-5)15-9-12-11-4-16-9/h1-4H,(H,13,14). The third kappa shape index (κ3) is 2.14. The Hall–Kier alpha value is -2.02. The van der Waals surface area contributed by atoms with Crippen LogP contribution in [0.1, 0.15) is 10.4 Å². The van der Waals surface area contributed by atoms with E-state index in [1.807, 2.05) is 0 Å². The van der Waals surface area contributed by atoms with Crippen LogP contribution in [-0.4, -0.2) is 21.3 Å². The topological polar surface area (TPSA) is 72.3 Å². The van der Waals surface area contributed by atoms with E-state index >= 15 is 0 Å². The van der Waals surface area contributed by atoms with Crippen LogP contribution in [0.4, 0.5) is 4.39 Å². The first-order chi connectivity index (χ1) is 7.66. The zero-order chi connectivity index (χ0) is 11.5. The van der Waals surface area contributed by atoms with Crippen molar-refractivity contribution in [3.63, 3.8) is 0 Å². The van der Waals surface area contributed by atoms with E-state index in [0.717, 1.165) is 29.5 Å². The summed E-state index contributed by atoms with van der Waals surface area (Å²) in [6, 6.07) is 3.18. The number of hydrogen-bond donors (Lipinski definition) is 1. The summed E-state index contributed by atoms with van der Waals surface area (Å²) in [6.45, 7) is 0. The third-order valence-electron chi connectivity index (χ3n) is 1.71. The lowest BCUT2D eigenvalue weighted by molar-refractivity contribution is 0.0694. The van der Waals surface area contributed by atoms with Gasteiger partial charge in [0.05, 0.1) is 0 Å². The average Bonchev–Trinajstić information content (AvgIpc) is 2.70. The van der Waals surface area contributed by atoms with E-state index in [0.29, 0.717) is 0 Å². The Bertz CT molecular complexity index is 515. The van der Waals surface area contributed by atoms with Crippen molar-refractivity contribution >= 4 is 17.3 Å². The van der Waals surface area contributed by atoms with Gasteiger partial charge in [0.1, 0.15) is 22.6 Å². The number of carboxylic acid groups (broad SMARTS) is 1. The van der Waals surface area contributed by atoms with Gasteiger partial charge in [0, 0.05) is 6.07 Å². The van der Waals surface area contributed by atoms with E-state index in [2.05, 4.69) is 10.2 Å². The molecule has 16 heavy (non-hydrogen) atoms. The molecular weight excluding hydrogens is 235 g/mol. The van der Waals surface area contributed by atoms with Gasteiger partial charge in [-0.3, -0.25) is 0 Å². The highest BCUT2D eigenvalue weighted by molar-refractivity contribution is 7.11. The number of halogens is 1. The van der Waals surface area contributed by atoms with Crippen molar-refractivity contribution in [2.24, 2.45) is 0 Å². The quantitative estimate of drug-likeness (QED) is 0.890. The van der Waals surface area contributed by atoms with Crippen LogP contribution in [0.25, 0.3) is 0 Å². The number of carboxylic acids is 1. The fraction of sp³-hybridized carbons (Fsp3) is 0. The number of benzene rings is 1. The van der Waals surface area contributed by atoms with E-state index in [-0.39, 0.29) is 16.5 Å². The second kappa shape index (κ2) is 4.23. The summed E-state index contributed by atoms with van der Waals surface area (Å²) >= 11 is 1.08. The predicted octanol–water partition coefficient (Wildman–Crippen LogP) is 2.17. The van der Waals surface area contributed by atoms with Gasteiger partial charge in [-0.05, 0) is 12.1 Å². The maximum Gasteiger partial charge on any atom is 0.339 e. The highest BCUT2D eigenvalue weighted by Gasteiger charge is 2.14. The lowest BCUT2D eigenvalue weighted by Gasteiger charge is -2.04. The van der Waals surface area contributed by atoms with Gasteiger partial charge >= 0.3 is 5.97 Å². The highest BCUT2D eigenvalue weighted by atomic mass is 32.1. The van der Waals surface area contributed by atoms with Crippen molar-refractivity contribution in [3.05, 3.63) is 35.1 Å². The first kappa shape index (κ1) is 10.5. The molecule has 5 nitrogen and oxygen atoms in total. The molecule has 0 spiro atoms. The average molecular weight is 240 g/mol. The van der Waals surface area contributed by atoms with Crippen molar-refractivity contribution in [1.82, 2.24) is 10.2 Å². The lowest BCUT2D eigenvalue weighted by Crippen LogP contribution is -2.00. The Morgan fingerprint density at radius 2 is 2.31 bits per heavy atom. The van der Waals surface area contributed by atoms with Crippen LogP contribution in [-0.2, 0) is 0 Å².